The number of benzene rings is 2. The largest absolute Gasteiger partial charge is 0.285 e. The molecule has 0 fully saturated rings. The van der Waals surface area contributed by atoms with Crippen molar-refractivity contribution in [2.75, 3.05) is 0 Å². The van der Waals surface area contributed by atoms with Crippen LogP contribution in [0.2, 0.25) is 0 Å². The maximum absolute atomic E-state index is 13.5. The van der Waals surface area contributed by atoms with Crippen LogP contribution < -0.4 is 0 Å². The monoisotopic (exact) mass is 306 g/mol. The van der Waals surface area contributed by atoms with Gasteiger partial charge in [-0.05, 0) is 37.3 Å². The lowest BCUT2D eigenvalue weighted by atomic mass is 9.87. The van der Waals surface area contributed by atoms with Gasteiger partial charge < -0.3 is 0 Å². The van der Waals surface area contributed by atoms with E-state index in [1.165, 1.54) is 12.1 Å². The number of Topliss-reactive ketones (excluding diaryl/α,β-unsaturated/α-hetero) is 2. The number of carbonyl (C=O) groups is 2. The third-order valence-corrected chi connectivity index (χ3v) is 3.98. The van der Waals surface area contributed by atoms with E-state index in [1.54, 1.807) is 11.6 Å². The molecule has 1 aliphatic rings. The number of carbonyl (C=O) groups excluding carboxylic acids is 2. The zero-order valence-corrected chi connectivity index (χ0v) is 12.2. The number of hydrogen-bond acceptors (Lipinski definition) is 3. The van der Waals surface area contributed by atoms with E-state index in [1.807, 2.05) is 30.3 Å². The van der Waals surface area contributed by atoms with Gasteiger partial charge in [0.05, 0.1) is 22.6 Å². The number of para-hydroxylation sites is 1. The van der Waals surface area contributed by atoms with Gasteiger partial charge in [0.15, 0.2) is 0 Å². The predicted octanol–water partition coefficient (Wildman–Crippen LogP) is 3.37. The second kappa shape index (κ2) is 4.71. The van der Waals surface area contributed by atoms with Gasteiger partial charge in [-0.3, -0.25) is 9.59 Å². The van der Waals surface area contributed by atoms with Crippen molar-refractivity contribution in [1.82, 2.24) is 9.78 Å². The molecule has 2 aromatic carbocycles. The summed E-state index contributed by atoms with van der Waals surface area (Å²) in [5.74, 6) is -1.88. The predicted molar refractivity (Wildman–Crippen MR) is 82.4 cm³/mol. The van der Waals surface area contributed by atoms with Gasteiger partial charge in [0.1, 0.15) is 5.82 Å². The van der Waals surface area contributed by atoms with Crippen LogP contribution in [0.5, 0.6) is 0 Å². The van der Waals surface area contributed by atoms with Gasteiger partial charge in [0.2, 0.25) is 11.6 Å². The number of aromatic nitrogens is 2. The summed E-state index contributed by atoms with van der Waals surface area (Å²) in [5, 5.41) is 4.42. The highest BCUT2D eigenvalue weighted by molar-refractivity contribution is 6.53. The van der Waals surface area contributed by atoms with Crippen LogP contribution in [-0.2, 0) is 0 Å². The molecule has 0 spiro atoms. The zero-order chi connectivity index (χ0) is 16.1. The average Bonchev–Trinajstić information content (AvgIpc) is 2.91. The Kier molecular flexibility index (Phi) is 2.78. The fourth-order valence-corrected chi connectivity index (χ4v) is 2.95. The summed E-state index contributed by atoms with van der Waals surface area (Å²) in [4.78, 5) is 24.7. The smallest absolute Gasteiger partial charge is 0.237 e. The lowest BCUT2D eigenvalue weighted by Crippen LogP contribution is -2.22. The van der Waals surface area contributed by atoms with Gasteiger partial charge in [-0.2, -0.15) is 5.10 Å². The molecule has 0 bridgehead atoms. The number of aryl methyl sites for hydroxylation is 1. The molecule has 1 aliphatic carbocycles. The Hall–Kier alpha value is -3.08. The van der Waals surface area contributed by atoms with E-state index in [0.29, 0.717) is 17.0 Å². The van der Waals surface area contributed by atoms with Gasteiger partial charge in [0.25, 0.3) is 0 Å². The van der Waals surface area contributed by atoms with Gasteiger partial charge >= 0.3 is 0 Å². The van der Waals surface area contributed by atoms with Crippen molar-refractivity contribution in [2.24, 2.45) is 0 Å². The van der Waals surface area contributed by atoms with Gasteiger partial charge in [-0.15, -0.1) is 0 Å². The van der Waals surface area contributed by atoms with Crippen LogP contribution >= 0.6 is 0 Å². The first-order chi connectivity index (χ1) is 11.1. The molecule has 4 rings (SSSR count). The van der Waals surface area contributed by atoms with Crippen molar-refractivity contribution in [3.05, 3.63) is 71.2 Å². The quantitative estimate of drug-likeness (QED) is 0.648. The van der Waals surface area contributed by atoms with Crippen LogP contribution in [0.3, 0.4) is 0 Å². The summed E-state index contributed by atoms with van der Waals surface area (Å²) >= 11 is 0. The van der Waals surface area contributed by atoms with Crippen LogP contribution in [0.1, 0.15) is 26.4 Å². The Morgan fingerprint density at radius 1 is 0.957 bits per heavy atom. The van der Waals surface area contributed by atoms with Crippen LogP contribution in [0.15, 0.2) is 48.5 Å². The molecular formula is C18H11FN2O2. The molecule has 4 nitrogen and oxygen atoms in total. The van der Waals surface area contributed by atoms with Crippen molar-refractivity contribution >= 4 is 11.6 Å². The molecule has 112 valence electrons. The van der Waals surface area contributed by atoms with E-state index in [4.69, 9.17) is 0 Å². The molecule has 23 heavy (non-hydrogen) atoms. The molecule has 0 N–H and O–H groups in total. The van der Waals surface area contributed by atoms with E-state index >= 15 is 0 Å². The third kappa shape index (κ3) is 1.86. The van der Waals surface area contributed by atoms with Crippen molar-refractivity contribution < 1.29 is 14.0 Å². The maximum Gasteiger partial charge on any atom is 0.237 e. The van der Waals surface area contributed by atoms with Crippen molar-refractivity contribution in [3.63, 3.8) is 0 Å². The first kappa shape index (κ1) is 13.6. The minimum Gasteiger partial charge on any atom is -0.285 e. The van der Waals surface area contributed by atoms with Crippen molar-refractivity contribution in [1.29, 1.82) is 0 Å². The molecule has 0 saturated heterocycles. The summed E-state index contributed by atoms with van der Waals surface area (Å²) in [5.41, 5.74) is 2.69. The number of halogens is 1. The highest BCUT2D eigenvalue weighted by Gasteiger charge is 2.36. The van der Waals surface area contributed by atoms with Crippen molar-refractivity contribution in [2.45, 2.75) is 6.92 Å². The number of ketones is 2. The first-order valence-electron chi connectivity index (χ1n) is 7.12. The Morgan fingerprint density at radius 3 is 2.43 bits per heavy atom. The van der Waals surface area contributed by atoms with E-state index in [0.717, 1.165) is 11.8 Å². The number of hydrogen-bond donors (Lipinski definition) is 0. The fourth-order valence-electron chi connectivity index (χ4n) is 2.95. The molecule has 1 aromatic heterocycles. The van der Waals surface area contributed by atoms with Crippen LogP contribution in [0.25, 0.3) is 16.9 Å². The minimum absolute atomic E-state index is 0.0829. The molecule has 1 heterocycles. The highest BCUT2D eigenvalue weighted by atomic mass is 19.1. The van der Waals surface area contributed by atoms with Crippen LogP contribution in [0, 0.1) is 12.7 Å². The highest BCUT2D eigenvalue weighted by Crippen LogP contribution is 2.36. The minimum atomic E-state index is -0.692. The number of fused-ring (bicyclic) bond motifs is 3. The Labute approximate surface area is 131 Å². The molecule has 0 saturated carbocycles. The topological polar surface area (TPSA) is 52.0 Å². The SMILES string of the molecule is Cc1nn(-c2ccccc2)c2c1C(=O)C(=O)c1cc(F)ccc1-2. The van der Waals surface area contributed by atoms with Gasteiger partial charge in [0, 0.05) is 11.1 Å². The Morgan fingerprint density at radius 2 is 1.70 bits per heavy atom. The summed E-state index contributed by atoms with van der Waals surface area (Å²) in [7, 11) is 0. The Balaban J connectivity index is 2.09. The molecule has 0 amide bonds. The van der Waals surface area contributed by atoms with E-state index in [2.05, 4.69) is 5.10 Å². The molecule has 3 aromatic rings. The number of rotatable bonds is 1. The number of nitrogens with zero attached hydrogens (tertiary/aromatic N) is 2. The van der Waals surface area contributed by atoms with E-state index in [9.17, 15) is 14.0 Å². The maximum atomic E-state index is 13.5. The average molecular weight is 306 g/mol. The molecule has 0 unspecified atom stereocenters. The molecule has 0 radical (unpaired) electrons. The second-order valence-corrected chi connectivity index (χ2v) is 5.40. The normalized spacial score (nSPS) is 13.0. The van der Waals surface area contributed by atoms with Crippen LogP contribution in [0.4, 0.5) is 4.39 Å². The third-order valence-electron chi connectivity index (χ3n) is 3.98. The first-order valence-corrected chi connectivity index (χ1v) is 7.12. The van der Waals surface area contributed by atoms with Gasteiger partial charge in [-0.1, -0.05) is 18.2 Å². The summed E-state index contributed by atoms with van der Waals surface area (Å²) < 4.78 is 15.1. The zero-order valence-electron chi connectivity index (χ0n) is 12.2. The summed E-state index contributed by atoms with van der Waals surface area (Å²) in [6.07, 6.45) is 0. The summed E-state index contributed by atoms with van der Waals surface area (Å²) in [6, 6.07) is 13.2. The van der Waals surface area contributed by atoms with E-state index in [-0.39, 0.29) is 11.1 Å². The lowest BCUT2D eigenvalue weighted by Gasteiger charge is -2.17. The standard InChI is InChI=1S/C18H11FN2O2/c1-10-15-16(21(20-10)12-5-3-2-4-6-12)13-8-7-11(19)9-14(13)17(22)18(15)23/h2-9H,1H3. The molecule has 5 heteroatoms. The second-order valence-electron chi connectivity index (χ2n) is 5.40. The molecule has 0 atom stereocenters. The van der Waals surface area contributed by atoms with Crippen LogP contribution in [-0.4, -0.2) is 21.3 Å². The lowest BCUT2D eigenvalue weighted by molar-refractivity contribution is 0.0814. The Bertz CT molecular complexity index is 974. The van der Waals surface area contributed by atoms with E-state index < -0.39 is 17.4 Å². The van der Waals surface area contributed by atoms with Gasteiger partial charge in [-0.25, -0.2) is 9.07 Å². The summed E-state index contributed by atoms with van der Waals surface area (Å²) in [6.45, 7) is 1.69. The molecule has 0 aliphatic heterocycles. The fraction of sp³-hybridized carbons (Fsp3) is 0.0556. The molecular weight excluding hydrogens is 295 g/mol. The van der Waals surface area contributed by atoms with Crippen molar-refractivity contribution in [3.8, 4) is 16.9 Å².